The van der Waals surface area contributed by atoms with Crippen LogP contribution in [0, 0.1) is 23.2 Å². The van der Waals surface area contributed by atoms with Gasteiger partial charge in [-0.3, -0.25) is 4.79 Å². The van der Waals surface area contributed by atoms with Crippen LogP contribution < -0.4 is 5.32 Å². The van der Waals surface area contributed by atoms with Gasteiger partial charge in [-0.2, -0.15) is 0 Å². The number of hydrogen-bond donors (Lipinski definition) is 1. The van der Waals surface area contributed by atoms with E-state index >= 15 is 0 Å². The first-order valence-corrected chi connectivity index (χ1v) is 8.06. The first-order chi connectivity index (χ1) is 9.14. The number of carbonyl (C=O) groups is 1. The Kier molecular flexibility index (Phi) is 3.59. The van der Waals surface area contributed by atoms with E-state index in [4.69, 9.17) is 0 Å². The predicted molar refractivity (Wildman–Crippen MR) is 76.8 cm³/mol. The fourth-order valence-corrected chi connectivity index (χ4v) is 5.24. The number of carbonyl (C=O) groups excluding carboxylic acids is 1. The fraction of sp³-hybridized carbons (Fsp3) is 0.938. The number of amides is 1. The highest BCUT2D eigenvalue weighted by molar-refractivity contribution is 5.79. The molecular formula is C16H28N2O. The largest absolute Gasteiger partial charge is 0.349 e. The Morgan fingerprint density at radius 2 is 1.84 bits per heavy atom. The number of nitrogens with zero attached hydrogens (tertiary/aromatic N) is 1. The highest BCUT2D eigenvalue weighted by Gasteiger charge is 2.55. The molecule has 0 bridgehead atoms. The van der Waals surface area contributed by atoms with Gasteiger partial charge in [0.1, 0.15) is 0 Å². The van der Waals surface area contributed by atoms with Crippen LogP contribution in [0.4, 0.5) is 0 Å². The molecule has 0 aromatic rings. The van der Waals surface area contributed by atoms with Crippen LogP contribution in [-0.4, -0.2) is 38.0 Å². The van der Waals surface area contributed by atoms with Gasteiger partial charge in [-0.05, 0) is 62.4 Å². The highest BCUT2D eigenvalue weighted by atomic mass is 16.2. The zero-order valence-corrected chi connectivity index (χ0v) is 12.5. The van der Waals surface area contributed by atoms with E-state index in [1.54, 1.807) is 0 Å². The van der Waals surface area contributed by atoms with Crippen molar-refractivity contribution in [3.63, 3.8) is 0 Å². The first-order valence-electron chi connectivity index (χ1n) is 8.06. The topological polar surface area (TPSA) is 32.3 Å². The number of rotatable bonds is 1. The van der Waals surface area contributed by atoms with Crippen LogP contribution >= 0.6 is 0 Å². The van der Waals surface area contributed by atoms with Crippen LogP contribution in [0.5, 0.6) is 0 Å². The van der Waals surface area contributed by atoms with Crippen LogP contribution in [-0.2, 0) is 4.79 Å². The van der Waals surface area contributed by atoms with E-state index in [1.807, 2.05) is 19.0 Å². The summed E-state index contributed by atoms with van der Waals surface area (Å²) in [4.78, 5) is 14.4. The minimum Gasteiger partial charge on any atom is -0.349 e. The summed E-state index contributed by atoms with van der Waals surface area (Å²) in [6, 6.07) is 0. The molecule has 3 aliphatic rings. The zero-order chi connectivity index (χ0) is 13.5. The van der Waals surface area contributed by atoms with Crippen LogP contribution in [0.15, 0.2) is 0 Å². The molecule has 1 N–H and O–H groups in total. The van der Waals surface area contributed by atoms with Crippen molar-refractivity contribution in [2.24, 2.45) is 23.2 Å². The van der Waals surface area contributed by atoms with Crippen LogP contribution in [0.2, 0.25) is 0 Å². The number of hydrogen-bond acceptors (Lipinski definition) is 2. The van der Waals surface area contributed by atoms with Crippen molar-refractivity contribution in [3.05, 3.63) is 0 Å². The van der Waals surface area contributed by atoms with E-state index in [-0.39, 0.29) is 0 Å². The second-order valence-electron chi connectivity index (χ2n) is 7.21. The van der Waals surface area contributed by atoms with Crippen molar-refractivity contribution in [1.82, 2.24) is 10.2 Å². The molecule has 1 saturated heterocycles. The zero-order valence-electron chi connectivity index (χ0n) is 12.5. The summed E-state index contributed by atoms with van der Waals surface area (Å²) in [5.74, 6) is 2.23. The standard InChI is InChI=1S/C16H28N2O/c1-18(2)15(19)13-11-16(7-9-17-10-8-16)14-6-4-3-5-12(13)14/h12-14,17H,3-11H2,1-2H3/t12?,13-,14?/m1/s1. The van der Waals surface area contributed by atoms with Crippen molar-refractivity contribution in [2.45, 2.75) is 44.9 Å². The molecule has 2 saturated carbocycles. The SMILES string of the molecule is CN(C)C(=O)[C@@H]1CC2(CCNCC2)C2CCCCC21. The maximum Gasteiger partial charge on any atom is 0.225 e. The molecule has 1 heterocycles. The third-order valence-corrected chi connectivity index (χ3v) is 6.11. The molecule has 0 radical (unpaired) electrons. The van der Waals surface area contributed by atoms with Crippen LogP contribution in [0.3, 0.4) is 0 Å². The molecule has 0 aromatic heterocycles. The van der Waals surface area contributed by atoms with Gasteiger partial charge in [0.25, 0.3) is 0 Å². The van der Waals surface area contributed by atoms with Gasteiger partial charge in [0, 0.05) is 20.0 Å². The monoisotopic (exact) mass is 264 g/mol. The smallest absolute Gasteiger partial charge is 0.225 e. The Bertz CT molecular complexity index is 347. The first kappa shape index (κ1) is 13.4. The predicted octanol–water partition coefficient (Wildman–Crippen LogP) is 2.27. The molecule has 3 atom stereocenters. The third kappa shape index (κ3) is 2.20. The highest BCUT2D eigenvalue weighted by Crippen LogP contribution is 2.60. The maximum absolute atomic E-state index is 12.5. The minimum absolute atomic E-state index is 0.318. The molecule has 1 amide bonds. The summed E-state index contributed by atoms with van der Waals surface area (Å²) in [6.45, 7) is 2.32. The van der Waals surface area contributed by atoms with E-state index in [0.29, 0.717) is 23.2 Å². The normalized spacial score (nSPS) is 37.1. The molecule has 2 aliphatic carbocycles. The van der Waals surface area contributed by atoms with E-state index in [1.165, 1.54) is 44.9 Å². The quantitative estimate of drug-likeness (QED) is 0.788. The number of fused-ring (bicyclic) bond motifs is 2. The summed E-state index contributed by atoms with van der Waals surface area (Å²) in [5, 5.41) is 3.50. The lowest BCUT2D eigenvalue weighted by molar-refractivity contribution is -0.134. The molecule has 0 aromatic carbocycles. The average molecular weight is 264 g/mol. The minimum atomic E-state index is 0.318. The lowest BCUT2D eigenvalue weighted by Gasteiger charge is -2.42. The van der Waals surface area contributed by atoms with Gasteiger partial charge in [-0.25, -0.2) is 0 Å². The Morgan fingerprint density at radius 3 is 2.53 bits per heavy atom. The molecule has 2 unspecified atom stereocenters. The number of piperidine rings is 1. The second-order valence-corrected chi connectivity index (χ2v) is 7.21. The molecular weight excluding hydrogens is 236 g/mol. The lowest BCUT2D eigenvalue weighted by atomic mass is 9.65. The molecule has 108 valence electrons. The van der Waals surface area contributed by atoms with Crippen LogP contribution in [0.25, 0.3) is 0 Å². The van der Waals surface area contributed by atoms with Crippen molar-refractivity contribution in [3.8, 4) is 0 Å². The molecule has 3 rings (SSSR count). The Morgan fingerprint density at radius 1 is 1.16 bits per heavy atom. The van der Waals surface area contributed by atoms with Gasteiger partial charge in [-0.1, -0.05) is 12.8 Å². The average Bonchev–Trinajstić information content (AvgIpc) is 2.74. The summed E-state index contributed by atoms with van der Waals surface area (Å²) < 4.78 is 0. The summed E-state index contributed by atoms with van der Waals surface area (Å²) in [6.07, 6.45) is 9.16. The fourth-order valence-electron chi connectivity index (χ4n) is 5.24. The van der Waals surface area contributed by atoms with Gasteiger partial charge in [0.2, 0.25) is 5.91 Å². The Balaban J connectivity index is 1.85. The summed E-state index contributed by atoms with van der Waals surface area (Å²) in [7, 11) is 3.85. The molecule has 3 nitrogen and oxygen atoms in total. The van der Waals surface area contributed by atoms with Gasteiger partial charge < -0.3 is 10.2 Å². The molecule has 1 aliphatic heterocycles. The van der Waals surface area contributed by atoms with Crippen molar-refractivity contribution < 1.29 is 4.79 Å². The third-order valence-electron chi connectivity index (χ3n) is 6.11. The van der Waals surface area contributed by atoms with Gasteiger partial charge >= 0.3 is 0 Å². The van der Waals surface area contributed by atoms with Crippen molar-refractivity contribution in [1.29, 1.82) is 0 Å². The molecule has 3 fully saturated rings. The van der Waals surface area contributed by atoms with Crippen molar-refractivity contribution >= 4 is 5.91 Å². The molecule has 1 spiro atoms. The maximum atomic E-state index is 12.5. The van der Waals surface area contributed by atoms with Crippen LogP contribution in [0.1, 0.15) is 44.9 Å². The Labute approximate surface area is 117 Å². The molecule has 19 heavy (non-hydrogen) atoms. The lowest BCUT2D eigenvalue weighted by Crippen LogP contribution is -2.40. The van der Waals surface area contributed by atoms with Gasteiger partial charge in [0.05, 0.1) is 0 Å². The summed E-state index contributed by atoms with van der Waals surface area (Å²) >= 11 is 0. The van der Waals surface area contributed by atoms with E-state index in [9.17, 15) is 4.79 Å². The van der Waals surface area contributed by atoms with E-state index < -0.39 is 0 Å². The van der Waals surface area contributed by atoms with E-state index in [2.05, 4.69) is 5.32 Å². The second kappa shape index (κ2) is 5.08. The number of nitrogens with one attached hydrogen (secondary N) is 1. The van der Waals surface area contributed by atoms with Gasteiger partial charge in [0.15, 0.2) is 0 Å². The summed E-state index contributed by atoms with van der Waals surface area (Å²) in [5.41, 5.74) is 0.493. The molecule has 3 heteroatoms. The van der Waals surface area contributed by atoms with Gasteiger partial charge in [-0.15, -0.1) is 0 Å². The Hall–Kier alpha value is -0.570. The van der Waals surface area contributed by atoms with Crippen molar-refractivity contribution in [2.75, 3.05) is 27.2 Å². The van der Waals surface area contributed by atoms with E-state index in [0.717, 1.165) is 19.0 Å².